The zero-order valence-corrected chi connectivity index (χ0v) is 16.7. The van der Waals surface area contributed by atoms with Gasteiger partial charge in [-0.05, 0) is 37.1 Å². The molecule has 1 amide bonds. The molecule has 0 bridgehead atoms. The molecule has 3 aromatic rings. The number of hydrogen-bond donors (Lipinski definition) is 3. The fourth-order valence-corrected chi connectivity index (χ4v) is 4.30. The first-order chi connectivity index (χ1) is 13.7. The number of carbonyl (C=O) groups excluding carboxylic acids is 1. The maximum absolute atomic E-state index is 12.5. The minimum atomic E-state index is -3.70. The second-order valence-electron chi connectivity index (χ2n) is 6.61. The van der Waals surface area contributed by atoms with Crippen molar-refractivity contribution in [2.45, 2.75) is 18.7 Å². The van der Waals surface area contributed by atoms with Crippen LogP contribution in [-0.2, 0) is 10.0 Å². The largest absolute Gasteiger partial charge is 0.360 e. The van der Waals surface area contributed by atoms with Gasteiger partial charge in [0.15, 0.2) is 0 Å². The van der Waals surface area contributed by atoms with Crippen LogP contribution >= 0.6 is 0 Å². The smallest absolute Gasteiger partial charge is 0.270 e. The average Bonchev–Trinajstić information content (AvgIpc) is 3.10. The van der Waals surface area contributed by atoms with Gasteiger partial charge in [0.05, 0.1) is 15.4 Å². The van der Waals surface area contributed by atoms with Crippen molar-refractivity contribution in [3.8, 4) is 0 Å². The van der Waals surface area contributed by atoms with E-state index in [2.05, 4.69) is 15.0 Å². The number of aromatic nitrogens is 1. The Labute approximate surface area is 167 Å². The number of aromatic amines is 1. The van der Waals surface area contributed by atoms with Gasteiger partial charge in [0.2, 0.25) is 10.0 Å². The van der Waals surface area contributed by atoms with Gasteiger partial charge in [-0.1, -0.05) is 12.1 Å². The van der Waals surface area contributed by atoms with Crippen LogP contribution in [0.5, 0.6) is 0 Å². The standard InChI is InChI=1S/C19H20N4O5S/c1-12-3-4-13(2)18(9-12)29(27,28)22-8-7-20-19(24)16-11-21-17-6-5-14(23(25)26)10-15(16)17/h3-6,9-11,21-22H,7-8H2,1-2H3,(H,20,24). The highest BCUT2D eigenvalue weighted by Gasteiger charge is 2.18. The molecule has 1 aromatic heterocycles. The maximum Gasteiger partial charge on any atom is 0.270 e. The lowest BCUT2D eigenvalue weighted by atomic mass is 10.1. The fourth-order valence-electron chi connectivity index (χ4n) is 2.94. The summed E-state index contributed by atoms with van der Waals surface area (Å²) < 4.78 is 27.4. The van der Waals surface area contributed by atoms with Crippen LogP contribution in [0.3, 0.4) is 0 Å². The summed E-state index contributed by atoms with van der Waals surface area (Å²) in [5.74, 6) is -0.456. The second-order valence-corrected chi connectivity index (χ2v) is 8.35. The van der Waals surface area contributed by atoms with E-state index in [1.54, 1.807) is 19.1 Å². The minimum absolute atomic E-state index is 0.00393. The van der Waals surface area contributed by atoms with Gasteiger partial charge in [-0.3, -0.25) is 14.9 Å². The van der Waals surface area contributed by atoms with Crippen molar-refractivity contribution in [1.29, 1.82) is 0 Å². The topological polar surface area (TPSA) is 134 Å². The molecule has 1 heterocycles. The van der Waals surface area contributed by atoms with Gasteiger partial charge in [-0.25, -0.2) is 13.1 Å². The van der Waals surface area contributed by atoms with Crippen molar-refractivity contribution in [1.82, 2.24) is 15.0 Å². The number of nitro groups is 1. The molecule has 152 valence electrons. The number of nitrogens with one attached hydrogen (secondary N) is 3. The Balaban J connectivity index is 1.64. The highest BCUT2D eigenvalue weighted by atomic mass is 32.2. The molecular weight excluding hydrogens is 396 g/mol. The SMILES string of the molecule is Cc1ccc(C)c(S(=O)(=O)NCCNC(=O)c2c[nH]c3ccc([N+](=O)[O-])cc23)c1. The molecule has 0 aliphatic heterocycles. The number of fused-ring (bicyclic) bond motifs is 1. The van der Waals surface area contributed by atoms with E-state index >= 15 is 0 Å². The Morgan fingerprint density at radius 3 is 2.62 bits per heavy atom. The lowest BCUT2D eigenvalue weighted by Crippen LogP contribution is -2.34. The molecule has 0 atom stereocenters. The molecule has 10 heteroatoms. The van der Waals surface area contributed by atoms with Gasteiger partial charge in [-0.15, -0.1) is 0 Å². The number of rotatable bonds is 7. The van der Waals surface area contributed by atoms with Crippen LogP contribution in [0.4, 0.5) is 5.69 Å². The van der Waals surface area contributed by atoms with Crippen molar-refractivity contribution in [3.05, 3.63) is 69.4 Å². The zero-order valence-electron chi connectivity index (χ0n) is 15.9. The van der Waals surface area contributed by atoms with Crippen molar-refractivity contribution in [3.63, 3.8) is 0 Å². The molecule has 9 nitrogen and oxygen atoms in total. The van der Waals surface area contributed by atoms with Crippen LogP contribution < -0.4 is 10.0 Å². The monoisotopic (exact) mass is 416 g/mol. The minimum Gasteiger partial charge on any atom is -0.360 e. The molecule has 0 saturated heterocycles. The van der Waals surface area contributed by atoms with E-state index in [9.17, 15) is 23.3 Å². The van der Waals surface area contributed by atoms with Gasteiger partial charge in [0.25, 0.3) is 11.6 Å². The summed E-state index contributed by atoms with van der Waals surface area (Å²) in [7, 11) is -3.70. The van der Waals surface area contributed by atoms with Gasteiger partial charge in [-0.2, -0.15) is 0 Å². The molecule has 0 spiro atoms. The van der Waals surface area contributed by atoms with E-state index in [1.807, 2.05) is 13.0 Å². The lowest BCUT2D eigenvalue weighted by molar-refractivity contribution is -0.384. The third-order valence-corrected chi connectivity index (χ3v) is 6.06. The van der Waals surface area contributed by atoms with Gasteiger partial charge < -0.3 is 10.3 Å². The molecule has 0 radical (unpaired) electrons. The Kier molecular flexibility index (Phi) is 5.66. The number of amides is 1. The Hall–Kier alpha value is -3.24. The van der Waals surface area contributed by atoms with Crippen molar-refractivity contribution < 1.29 is 18.1 Å². The summed E-state index contributed by atoms with van der Waals surface area (Å²) in [5.41, 5.74) is 2.19. The second kappa shape index (κ2) is 8.02. The number of sulfonamides is 1. The number of H-pyrrole nitrogens is 1. The first kappa shape index (κ1) is 20.5. The molecular formula is C19H20N4O5S. The van der Waals surface area contributed by atoms with Crippen LogP contribution in [0.1, 0.15) is 21.5 Å². The fraction of sp³-hybridized carbons (Fsp3) is 0.211. The van der Waals surface area contributed by atoms with E-state index in [1.165, 1.54) is 24.4 Å². The zero-order chi connectivity index (χ0) is 21.2. The van der Waals surface area contributed by atoms with E-state index in [-0.39, 0.29) is 29.2 Å². The van der Waals surface area contributed by atoms with Crippen LogP contribution in [0.15, 0.2) is 47.5 Å². The molecule has 3 N–H and O–H groups in total. The maximum atomic E-state index is 12.5. The predicted molar refractivity (Wildman–Crippen MR) is 108 cm³/mol. The summed E-state index contributed by atoms with van der Waals surface area (Å²) in [6.45, 7) is 3.59. The van der Waals surface area contributed by atoms with E-state index < -0.39 is 20.9 Å². The van der Waals surface area contributed by atoms with Crippen LogP contribution in [0.25, 0.3) is 10.9 Å². The molecule has 0 fully saturated rings. The molecule has 2 aromatic carbocycles. The number of hydrogen-bond acceptors (Lipinski definition) is 5. The number of nitrogens with zero attached hydrogens (tertiary/aromatic N) is 1. The van der Waals surface area contributed by atoms with Gasteiger partial charge in [0, 0.05) is 42.3 Å². The average molecular weight is 416 g/mol. The number of aryl methyl sites for hydroxylation is 2. The molecule has 0 unspecified atom stereocenters. The molecule has 3 rings (SSSR count). The Morgan fingerprint density at radius 1 is 1.14 bits per heavy atom. The number of non-ortho nitro benzene ring substituents is 1. The van der Waals surface area contributed by atoms with Crippen LogP contribution in [0.2, 0.25) is 0 Å². The first-order valence-electron chi connectivity index (χ1n) is 8.79. The summed E-state index contributed by atoms with van der Waals surface area (Å²) >= 11 is 0. The summed E-state index contributed by atoms with van der Waals surface area (Å²) in [4.78, 5) is 25.9. The number of carbonyl (C=O) groups is 1. The molecule has 0 saturated carbocycles. The highest BCUT2D eigenvalue weighted by molar-refractivity contribution is 7.89. The quantitative estimate of drug-likeness (QED) is 0.309. The summed E-state index contributed by atoms with van der Waals surface area (Å²) in [6.07, 6.45) is 1.46. The number of nitro benzene ring substituents is 1. The van der Waals surface area contributed by atoms with Gasteiger partial charge in [0.1, 0.15) is 0 Å². The first-order valence-corrected chi connectivity index (χ1v) is 10.3. The van der Waals surface area contributed by atoms with E-state index in [0.29, 0.717) is 16.5 Å². The van der Waals surface area contributed by atoms with Gasteiger partial charge >= 0.3 is 0 Å². The van der Waals surface area contributed by atoms with Crippen molar-refractivity contribution in [2.75, 3.05) is 13.1 Å². The van der Waals surface area contributed by atoms with Crippen molar-refractivity contribution in [2.24, 2.45) is 0 Å². The van der Waals surface area contributed by atoms with E-state index in [0.717, 1.165) is 5.56 Å². The third-order valence-electron chi connectivity index (χ3n) is 4.46. The molecule has 29 heavy (non-hydrogen) atoms. The highest BCUT2D eigenvalue weighted by Crippen LogP contribution is 2.23. The molecule has 0 aliphatic carbocycles. The number of benzene rings is 2. The summed E-state index contributed by atoms with van der Waals surface area (Å²) in [6, 6.07) is 9.37. The Bertz CT molecular complexity index is 1200. The summed E-state index contributed by atoms with van der Waals surface area (Å²) in [5, 5.41) is 14.0. The third kappa shape index (κ3) is 4.44. The molecule has 0 aliphatic rings. The van der Waals surface area contributed by atoms with E-state index in [4.69, 9.17) is 0 Å². The Morgan fingerprint density at radius 2 is 1.90 bits per heavy atom. The van der Waals surface area contributed by atoms with Crippen LogP contribution in [-0.4, -0.2) is 37.3 Å². The normalized spacial score (nSPS) is 11.5. The predicted octanol–water partition coefficient (Wildman–Crippen LogP) is 2.40. The lowest BCUT2D eigenvalue weighted by Gasteiger charge is -2.10. The van der Waals surface area contributed by atoms with Crippen LogP contribution in [0, 0.1) is 24.0 Å². The van der Waals surface area contributed by atoms with Crippen molar-refractivity contribution >= 4 is 32.5 Å².